The lowest BCUT2D eigenvalue weighted by atomic mass is 9.80. The van der Waals surface area contributed by atoms with Gasteiger partial charge in [-0.05, 0) is 18.8 Å². The second-order valence-corrected chi connectivity index (χ2v) is 3.94. The maximum Gasteiger partial charge on any atom is 0.127 e. The van der Waals surface area contributed by atoms with Gasteiger partial charge in [-0.2, -0.15) is 0 Å². The van der Waals surface area contributed by atoms with E-state index in [0.29, 0.717) is 11.8 Å². The first-order valence-corrected chi connectivity index (χ1v) is 4.73. The molecule has 1 fully saturated rings. The topological polar surface area (TPSA) is 26.0 Å². The molecule has 0 atom stereocenters. The van der Waals surface area contributed by atoms with Crippen LogP contribution in [0.15, 0.2) is 10.8 Å². The Morgan fingerprint density at radius 3 is 2.75 bits per heavy atom. The highest BCUT2D eigenvalue weighted by molar-refractivity contribution is 5.23. The summed E-state index contributed by atoms with van der Waals surface area (Å²) in [5.41, 5.74) is 2.52. The lowest BCUT2D eigenvalue weighted by Crippen LogP contribution is -2.11. The smallest absolute Gasteiger partial charge is 0.127 e. The third kappa shape index (κ3) is 1.15. The van der Waals surface area contributed by atoms with Gasteiger partial charge in [0.15, 0.2) is 0 Å². The number of rotatable bonds is 2. The molecule has 0 radical (unpaired) electrons. The fourth-order valence-electron chi connectivity index (χ4n) is 1.68. The van der Waals surface area contributed by atoms with Gasteiger partial charge in [0.25, 0.3) is 0 Å². The number of nitrogens with zero attached hydrogens (tertiary/aromatic N) is 1. The van der Waals surface area contributed by atoms with Gasteiger partial charge in [0.1, 0.15) is 6.26 Å². The van der Waals surface area contributed by atoms with Crippen LogP contribution in [0.5, 0.6) is 0 Å². The summed E-state index contributed by atoms with van der Waals surface area (Å²) < 4.78 is 5.01. The summed E-state index contributed by atoms with van der Waals surface area (Å²) in [6.07, 6.45) is 5.76. The maximum atomic E-state index is 5.01. The van der Waals surface area contributed by atoms with E-state index in [1.807, 2.05) is 0 Å². The molecule has 1 saturated carbocycles. The molecular formula is C10H15NO. The highest BCUT2D eigenvalue weighted by atomic mass is 16.5. The van der Waals surface area contributed by atoms with Gasteiger partial charge in [0.2, 0.25) is 0 Å². The van der Waals surface area contributed by atoms with Crippen LogP contribution in [0, 0.1) is 0 Å². The third-order valence-corrected chi connectivity index (χ3v) is 2.74. The minimum atomic E-state index is 0.548. The Bertz CT molecular complexity index is 261. The van der Waals surface area contributed by atoms with Crippen molar-refractivity contribution in [3.05, 3.63) is 17.5 Å². The average molecular weight is 165 g/mol. The molecule has 0 spiro atoms. The van der Waals surface area contributed by atoms with Crippen LogP contribution in [0.25, 0.3) is 0 Å². The zero-order chi connectivity index (χ0) is 8.55. The molecule has 2 nitrogen and oxygen atoms in total. The largest absolute Gasteiger partial charge is 0.364 e. The second-order valence-electron chi connectivity index (χ2n) is 3.94. The van der Waals surface area contributed by atoms with Crippen LogP contribution in [0.2, 0.25) is 0 Å². The molecule has 1 aromatic heterocycles. The lowest BCUT2D eigenvalue weighted by molar-refractivity contribution is 0.363. The van der Waals surface area contributed by atoms with Gasteiger partial charge >= 0.3 is 0 Å². The Hall–Kier alpha value is -0.790. The minimum absolute atomic E-state index is 0.548. The van der Waals surface area contributed by atoms with E-state index in [4.69, 9.17) is 4.52 Å². The van der Waals surface area contributed by atoms with Crippen molar-refractivity contribution in [2.24, 2.45) is 0 Å². The summed E-state index contributed by atoms with van der Waals surface area (Å²) in [4.78, 5) is 0. The molecule has 1 aliphatic carbocycles. The van der Waals surface area contributed by atoms with E-state index >= 15 is 0 Å². The van der Waals surface area contributed by atoms with E-state index in [2.05, 4.69) is 19.0 Å². The Labute approximate surface area is 72.9 Å². The predicted molar refractivity (Wildman–Crippen MR) is 47.2 cm³/mol. The molecule has 0 unspecified atom stereocenters. The van der Waals surface area contributed by atoms with Crippen molar-refractivity contribution in [3.63, 3.8) is 0 Å². The quantitative estimate of drug-likeness (QED) is 0.673. The number of hydrogen-bond acceptors (Lipinski definition) is 2. The fourth-order valence-corrected chi connectivity index (χ4v) is 1.68. The Kier molecular flexibility index (Phi) is 1.91. The molecule has 0 aliphatic heterocycles. The normalized spacial score (nSPS) is 18.2. The Morgan fingerprint density at radius 1 is 1.50 bits per heavy atom. The van der Waals surface area contributed by atoms with Gasteiger partial charge in [0, 0.05) is 11.5 Å². The highest BCUT2D eigenvalue weighted by Gasteiger charge is 2.26. The van der Waals surface area contributed by atoms with Gasteiger partial charge in [-0.3, -0.25) is 0 Å². The molecule has 0 aromatic carbocycles. The molecule has 66 valence electrons. The van der Waals surface area contributed by atoms with Crippen molar-refractivity contribution in [1.29, 1.82) is 0 Å². The standard InChI is InChI=1S/C10H15NO/c1-7(2)9-6-12-11-10(9)8-4-3-5-8/h6-8H,3-5H2,1-2H3. The van der Waals surface area contributed by atoms with Gasteiger partial charge in [-0.15, -0.1) is 0 Å². The SMILES string of the molecule is CC(C)c1conc1C1CCC1. The third-order valence-electron chi connectivity index (χ3n) is 2.74. The molecule has 0 saturated heterocycles. The molecule has 0 amide bonds. The molecule has 0 bridgehead atoms. The first-order valence-electron chi connectivity index (χ1n) is 4.73. The van der Waals surface area contributed by atoms with Crippen molar-refractivity contribution in [3.8, 4) is 0 Å². The summed E-state index contributed by atoms with van der Waals surface area (Å²) in [6, 6.07) is 0. The van der Waals surface area contributed by atoms with Gasteiger partial charge in [0.05, 0.1) is 5.69 Å². The van der Waals surface area contributed by atoms with Crippen LogP contribution in [0.1, 0.15) is 56.2 Å². The molecule has 2 heteroatoms. The Balaban J connectivity index is 2.23. The summed E-state index contributed by atoms with van der Waals surface area (Å²) >= 11 is 0. The van der Waals surface area contributed by atoms with E-state index < -0.39 is 0 Å². The lowest BCUT2D eigenvalue weighted by Gasteiger charge is -2.24. The zero-order valence-electron chi connectivity index (χ0n) is 7.71. The Morgan fingerprint density at radius 2 is 2.25 bits per heavy atom. The van der Waals surface area contributed by atoms with E-state index in [0.717, 1.165) is 0 Å². The van der Waals surface area contributed by atoms with E-state index in [-0.39, 0.29) is 0 Å². The van der Waals surface area contributed by atoms with Crippen LogP contribution in [0.4, 0.5) is 0 Å². The monoisotopic (exact) mass is 165 g/mol. The fraction of sp³-hybridized carbons (Fsp3) is 0.700. The van der Waals surface area contributed by atoms with Crippen LogP contribution < -0.4 is 0 Å². The molecule has 1 heterocycles. The molecule has 2 rings (SSSR count). The zero-order valence-corrected chi connectivity index (χ0v) is 7.71. The van der Waals surface area contributed by atoms with Crippen molar-refractivity contribution >= 4 is 0 Å². The molecule has 1 aromatic rings. The van der Waals surface area contributed by atoms with Crippen LogP contribution >= 0.6 is 0 Å². The number of aromatic nitrogens is 1. The summed E-state index contributed by atoms with van der Waals surface area (Å²) in [5, 5.41) is 4.08. The molecular weight excluding hydrogens is 150 g/mol. The van der Waals surface area contributed by atoms with Crippen molar-refractivity contribution in [2.75, 3.05) is 0 Å². The van der Waals surface area contributed by atoms with E-state index in [1.165, 1.54) is 30.5 Å². The highest BCUT2D eigenvalue weighted by Crippen LogP contribution is 2.38. The summed E-state index contributed by atoms with van der Waals surface area (Å²) in [7, 11) is 0. The van der Waals surface area contributed by atoms with Crippen molar-refractivity contribution < 1.29 is 4.52 Å². The van der Waals surface area contributed by atoms with Crippen LogP contribution in [-0.2, 0) is 0 Å². The average Bonchev–Trinajstić information content (AvgIpc) is 2.31. The van der Waals surface area contributed by atoms with Gasteiger partial charge in [-0.25, -0.2) is 0 Å². The van der Waals surface area contributed by atoms with Gasteiger partial charge < -0.3 is 4.52 Å². The second kappa shape index (κ2) is 2.92. The van der Waals surface area contributed by atoms with Crippen molar-refractivity contribution in [1.82, 2.24) is 5.16 Å². The van der Waals surface area contributed by atoms with E-state index in [1.54, 1.807) is 6.26 Å². The molecule has 0 N–H and O–H groups in total. The van der Waals surface area contributed by atoms with Gasteiger partial charge in [-0.1, -0.05) is 25.4 Å². The van der Waals surface area contributed by atoms with E-state index in [9.17, 15) is 0 Å². The minimum Gasteiger partial charge on any atom is -0.364 e. The predicted octanol–water partition coefficient (Wildman–Crippen LogP) is 3.07. The number of hydrogen-bond donors (Lipinski definition) is 0. The maximum absolute atomic E-state index is 5.01. The molecule has 1 aliphatic rings. The summed E-state index contributed by atoms with van der Waals surface area (Å²) in [5.74, 6) is 1.24. The van der Waals surface area contributed by atoms with Crippen molar-refractivity contribution in [2.45, 2.75) is 44.9 Å². The van der Waals surface area contributed by atoms with Crippen LogP contribution in [-0.4, -0.2) is 5.16 Å². The molecule has 12 heavy (non-hydrogen) atoms. The summed E-state index contributed by atoms with van der Waals surface area (Å²) in [6.45, 7) is 4.38. The first kappa shape index (κ1) is 7.84. The van der Waals surface area contributed by atoms with Crippen LogP contribution in [0.3, 0.4) is 0 Å². The first-order chi connectivity index (χ1) is 5.79.